The van der Waals surface area contributed by atoms with Crippen LogP contribution in [0.25, 0.3) is 5.69 Å². The van der Waals surface area contributed by atoms with Crippen LogP contribution in [0.5, 0.6) is 0 Å². The van der Waals surface area contributed by atoms with Crippen LogP contribution in [0.15, 0.2) is 24.3 Å². The van der Waals surface area contributed by atoms with Crippen molar-refractivity contribution in [3.63, 3.8) is 0 Å². The van der Waals surface area contributed by atoms with Crippen LogP contribution < -0.4 is 0 Å². The van der Waals surface area contributed by atoms with E-state index in [-0.39, 0.29) is 23.1 Å². The number of piperidine rings is 1. The minimum atomic E-state index is -0.0695. The maximum Gasteiger partial charge on any atom is 0.227 e. The molecule has 0 spiro atoms. The van der Waals surface area contributed by atoms with E-state index in [1.54, 1.807) is 0 Å². The van der Waals surface area contributed by atoms with Gasteiger partial charge in [0.2, 0.25) is 11.8 Å². The quantitative estimate of drug-likeness (QED) is 0.587. The van der Waals surface area contributed by atoms with Crippen LogP contribution >= 0.6 is 0 Å². The number of benzene rings is 1. The monoisotopic (exact) mass is 466 g/mol. The molecule has 0 radical (unpaired) electrons. The first-order valence-electron chi connectivity index (χ1n) is 12.8. The van der Waals surface area contributed by atoms with Crippen molar-refractivity contribution in [3.05, 3.63) is 46.8 Å². The molecule has 0 N–H and O–H groups in total. The smallest absolute Gasteiger partial charge is 0.227 e. The predicted molar refractivity (Wildman–Crippen MR) is 137 cm³/mol. The highest BCUT2D eigenvalue weighted by Crippen LogP contribution is 2.25. The van der Waals surface area contributed by atoms with Gasteiger partial charge in [-0.15, -0.1) is 0 Å². The van der Waals surface area contributed by atoms with Crippen molar-refractivity contribution >= 4 is 11.8 Å². The summed E-state index contributed by atoms with van der Waals surface area (Å²) >= 11 is 0. The highest BCUT2D eigenvalue weighted by molar-refractivity contribution is 5.81. The second kappa shape index (κ2) is 10.7. The molecule has 2 heterocycles. The van der Waals surface area contributed by atoms with Gasteiger partial charge < -0.3 is 9.80 Å². The van der Waals surface area contributed by atoms with E-state index in [9.17, 15) is 9.59 Å². The molecule has 0 saturated carbocycles. The largest absolute Gasteiger partial charge is 0.343 e. The molecule has 2 aromatic rings. The topological polar surface area (TPSA) is 58.4 Å². The summed E-state index contributed by atoms with van der Waals surface area (Å²) in [6.45, 7) is 17.5. The zero-order chi connectivity index (χ0) is 25.0. The Labute approximate surface area is 205 Å². The molecule has 2 amide bonds. The fourth-order valence-corrected chi connectivity index (χ4v) is 4.98. The average Bonchev–Trinajstić information content (AvgIpc) is 3.10. The van der Waals surface area contributed by atoms with Crippen molar-refractivity contribution in [2.45, 2.75) is 79.6 Å². The van der Waals surface area contributed by atoms with Gasteiger partial charge in [0.05, 0.1) is 17.3 Å². The molecule has 1 aromatic carbocycles. The molecule has 1 atom stereocenters. The molecule has 0 bridgehead atoms. The molecule has 1 saturated heterocycles. The van der Waals surface area contributed by atoms with E-state index in [1.165, 1.54) is 5.56 Å². The SMILES string of the molecule is CCN(CC)C(=O)C1CCCN(C(=O)CCc2c(C)nn(-c3ccc(C(C)(C)C)cc3)c2C)C1. The minimum absolute atomic E-state index is 0.0695. The molecule has 0 aliphatic carbocycles. The Hall–Kier alpha value is -2.63. The summed E-state index contributed by atoms with van der Waals surface area (Å²) in [5.74, 6) is 0.256. The van der Waals surface area contributed by atoms with E-state index in [0.717, 1.165) is 55.1 Å². The number of hydrogen-bond donors (Lipinski definition) is 0. The first-order valence-corrected chi connectivity index (χ1v) is 12.8. The van der Waals surface area contributed by atoms with Gasteiger partial charge in [0, 0.05) is 38.3 Å². The standard InChI is InChI=1S/C28H42N4O2/c1-8-30(9-2)27(34)22-11-10-18-31(19-22)26(33)17-16-25-20(3)29-32(21(25)4)24-14-12-23(13-15-24)28(5,6)7/h12-15,22H,8-11,16-19H2,1-7H3. The van der Waals surface area contributed by atoms with Gasteiger partial charge in [0.25, 0.3) is 0 Å². The van der Waals surface area contributed by atoms with Crippen LogP contribution in [0.1, 0.15) is 76.4 Å². The third kappa shape index (κ3) is 5.70. The van der Waals surface area contributed by atoms with Crippen LogP contribution in [0.4, 0.5) is 0 Å². The molecular weight excluding hydrogens is 424 g/mol. The van der Waals surface area contributed by atoms with Gasteiger partial charge in [-0.3, -0.25) is 9.59 Å². The van der Waals surface area contributed by atoms with Crippen molar-refractivity contribution in [1.82, 2.24) is 19.6 Å². The second-order valence-corrected chi connectivity index (χ2v) is 10.5. The summed E-state index contributed by atoms with van der Waals surface area (Å²) in [6.07, 6.45) is 2.88. The number of carbonyl (C=O) groups is 2. The normalized spacial score (nSPS) is 16.6. The Kier molecular flexibility index (Phi) is 8.21. The van der Waals surface area contributed by atoms with Crippen LogP contribution in [0.2, 0.25) is 0 Å². The molecule has 3 rings (SSSR count). The molecule has 1 aliphatic rings. The highest BCUT2D eigenvalue weighted by Gasteiger charge is 2.30. The lowest BCUT2D eigenvalue weighted by molar-refractivity contribution is -0.140. The maximum atomic E-state index is 13.1. The molecule has 1 fully saturated rings. The van der Waals surface area contributed by atoms with E-state index in [4.69, 9.17) is 5.10 Å². The van der Waals surface area contributed by atoms with Crippen LogP contribution in [-0.4, -0.2) is 57.6 Å². The summed E-state index contributed by atoms with van der Waals surface area (Å²) in [6, 6.07) is 8.58. The number of amides is 2. The lowest BCUT2D eigenvalue weighted by Crippen LogP contribution is -2.46. The Morgan fingerprint density at radius 3 is 2.32 bits per heavy atom. The summed E-state index contributed by atoms with van der Waals surface area (Å²) < 4.78 is 1.99. The molecule has 34 heavy (non-hydrogen) atoms. The van der Waals surface area contributed by atoms with Crippen molar-refractivity contribution in [2.24, 2.45) is 5.92 Å². The Morgan fingerprint density at radius 2 is 1.74 bits per heavy atom. The second-order valence-electron chi connectivity index (χ2n) is 10.5. The van der Waals surface area contributed by atoms with E-state index >= 15 is 0 Å². The summed E-state index contributed by atoms with van der Waals surface area (Å²) in [5.41, 5.74) is 5.65. The minimum Gasteiger partial charge on any atom is -0.343 e. The van der Waals surface area contributed by atoms with Crippen LogP contribution in [0, 0.1) is 19.8 Å². The zero-order valence-corrected chi connectivity index (χ0v) is 22.1. The molecule has 6 nitrogen and oxygen atoms in total. The van der Waals surface area contributed by atoms with Gasteiger partial charge in [-0.05, 0) is 75.6 Å². The van der Waals surface area contributed by atoms with Crippen LogP contribution in [0.3, 0.4) is 0 Å². The molecule has 1 unspecified atom stereocenters. The van der Waals surface area contributed by atoms with Crippen molar-refractivity contribution < 1.29 is 9.59 Å². The third-order valence-electron chi connectivity index (χ3n) is 7.21. The van der Waals surface area contributed by atoms with Gasteiger partial charge in [0.1, 0.15) is 0 Å². The predicted octanol–water partition coefficient (Wildman–Crippen LogP) is 4.83. The average molecular weight is 467 g/mol. The van der Waals surface area contributed by atoms with Gasteiger partial charge in [-0.25, -0.2) is 4.68 Å². The molecule has 6 heteroatoms. The molecular formula is C28H42N4O2. The Morgan fingerprint density at radius 1 is 1.09 bits per heavy atom. The number of aryl methyl sites for hydroxylation is 1. The summed E-state index contributed by atoms with van der Waals surface area (Å²) in [5, 5.41) is 4.78. The summed E-state index contributed by atoms with van der Waals surface area (Å²) in [4.78, 5) is 29.6. The van der Waals surface area contributed by atoms with Gasteiger partial charge in [-0.1, -0.05) is 32.9 Å². The zero-order valence-electron chi connectivity index (χ0n) is 22.1. The molecule has 1 aliphatic heterocycles. The first-order chi connectivity index (χ1) is 16.1. The fourth-order valence-electron chi connectivity index (χ4n) is 4.98. The van der Waals surface area contributed by atoms with E-state index in [2.05, 4.69) is 52.0 Å². The van der Waals surface area contributed by atoms with Crippen LogP contribution in [-0.2, 0) is 21.4 Å². The number of carbonyl (C=O) groups excluding carboxylic acids is 2. The van der Waals surface area contributed by atoms with Crippen molar-refractivity contribution in [2.75, 3.05) is 26.2 Å². The number of likely N-dealkylation sites (tertiary alicyclic amines) is 1. The van der Waals surface area contributed by atoms with Crippen molar-refractivity contribution in [1.29, 1.82) is 0 Å². The van der Waals surface area contributed by atoms with Gasteiger partial charge in [-0.2, -0.15) is 5.10 Å². The Balaban J connectivity index is 1.66. The first kappa shape index (κ1) is 26.0. The lowest BCUT2D eigenvalue weighted by atomic mass is 9.87. The highest BCUT2D eigenvalue weighted by atomic mass is 16.2. The summed E-state index contributed by atoms with van der Waals surface area (Å²) in [7, 11) is 0. The number of hydrogen-bond acceptors (Lipinski definition) is 3. The fraction of sp³-hybridized carbons (Fsp3) is 0.607. The van der Waals surface area contributed by atoms with Crippen molar-refractivity contribution in [3.8, 4) is 5.69 Å². The van der Waals surface area contributed by atoms with E-state index in [1.807, 2.05) is 35.3 Å². The van der Waals surface area contributed by atoms with E-state index in [0.29, 0.717) is 19.4 Å². The van der Waals surface area contributed by atoms with Gasteiger partial charge >= 0.3 is 0 Å². The van der Waals surface area contributed by atoms with E-state index < -0.39 is 0 Å². The number of aromatic nitrogens is 2. The lowest BCUT2D eigenvalue weighted by Gasteiger charge is -2.34. The maximum absolute atomic E-state index is 13.1. The Bertz CT molecular complexity index is 997. The molecule has 1 aromatic heterocycles. The third-order valence-corrected chi connectivity index (χ3v) is 7.21. The molecule has 186 valence electrons. The van der Waals surface area contributed by atoms with Gasteiger partial charge in [0.15, 0.2) is 0 Å². The number of rotatable bonds is 7. The number of nitrogens with zero attached hydrogens (tertiary/aromatic N) is 4.